The summed E-state index contributed by atoms with van der Waals surface area (Å²) >= 11 is 0. The summed E-state index contributed by atoms with van der Waals surface area (Å²) < 4.78 is 10.7. The molecule has 0 spiro atoms. The number of rotatable bonds is 8. The average Bonchev–Trinajstić information content (AvgIpc) is 2.76. The van der Waals surface area contributed by atoms with E-state index in [2.05, 4.69) is 15.3 Å². The summed E-state index contributed by atoms with van der Waals surface area (Å²) in [6.07, 6.45) is 3.19. The number of hydrogen-bond donors (Lipinski definition) is 1. The molecule has 2 heterocycles. The highest BCUT2D eigenvalue weighted by molar-refractivity contribution is 5.88. The number of aromatic nitrogens is 2. The summed E-state index contributed by atoms with van der Waals surface area (Å²) in [5.74, 6) is 1.03. The van der Waals surface area contributed by atoms with Crippen LogP contribution in [0.3, 0.4) is 0 Å². The van der Waals surface area contributed by atoms with E-state index in [1.807, 2.05) is 23.1 Å². The number of piperazine rings is 1. The molecule has 1 aliphatic heterocycles. The van der Waals surface area contributed by atoms with Crippen LogP contribution in [0.1, 0.15) is 17.7 Å². The van der Waals surface area contributed by atoms with Gasteiger partial charge >= 0.3 is 0 Å². The number of nitrogens with one attached hydrogen (secondary N) is 1. The first-order valence-electron chi connectivity index (χ1n) is 9.73. The van der Waals surface area contributed by atoms with Crippen molar-refractivity contribution >= 4 is 11.8 Å². The van der Waals surface area contributed by atoms with E-state index in [9.17, 15) is 9.59 Å². The largest absolute Gasteiger partial charge is 0.493 e. The molecule has 9 heteroatoms. The Morgan fingerprint density at radius 3 is 2.77 bits per heavy atom. The fourth-order valence-electron chi connectivity index (χ4n) is 3.45. The van der Waals surface area contributed by atoms with Crippen molar-refractivity contribution < 1.29 is 19.1 Å². The van der Waals surface area contributed by atoms with Gasteiger partial charge in [0.25, 0.3) is 0 Å². The molecule has 0 aliphatic carbocycles. The molecule has 1 N–H and O–H groups in total. The molecule has 2 aromatic rings. The van der Waals surface area contributed by atoms with Crippen LogP contribution in [-0.4, -0.2) is 72.0 Å². The first-order valence-corrected chi connectivity index (χ1v) is 9.73. The van der Waals surface area contributed by atoms with Crippen LogP contribution in [0.25, 0.3) is 0 Å². The molecule has 0 bridgehead atoms. The minimum atomic E-state index is -0.535. The summed E-state index contributed by atoms with van der Waals surface area (Å²) in [7, 11) is 4.89. The zero-order valence-electron chi connectivity index (χ0n) is 17.5. The van der Waals surface area contributed by atoms with Crippen LogP contribution in [0, 0.1) is 0 Å². The van der Waals surface area contributed by atoms with Crippen molar-refractivity contribution in [2.24, 2.45) is 0 Å². The zero-order chi connectivity index (χ0) is 21.5. The Labute approximate surface area is 176 Å². The van der Waals surface area contributed by atoms with Gasteiger partial charge in [-0.05, 0) is 23.8 Å². The first kappa shape index (κ1) is 21.5. The number of nitrogens with zero attached hydrogens (tertiary/aromatic N) is 4. The number of hydrogen-bond acceptors (Lipinski definition) is 7. The van der Waals surface area contributed by atoms with Crippen LogP contribution in [0.4, 0.5) is 0 Å². The molecule has 160 valence electrons. The lowest BCUT2D eigenvalue weighted by Gasteiger charge is -2.35. The molecule has 2 amide bonds. The van der Waals surface area contributed by atoms with Gasteiger partial charge in [-0.3, -0.25) is 14.5 Å². The van der Waals surface area contributed by atoms with Gasteiger partial charge in [-0.2, -0.15) is 0 Å². The smallest absolute Gasteiger partial charge is 0.237 e. The maximum atomic E-state index is 12.8. The number of benzene rings is 1. The summed E-state index contributed by atoms with van der Waals surface area (Å²) in [6, 6.07) is 6.90. The highest BCUT2D eigenvalue weighted by Gasteiger charge is 2.32. The summed E-state index contributed by atoms with van der Waals surface area (Å²) in [5.41, 5.74) is 1.73. The molecule has 1 aromatic carbocycles. The monoisotopic (exact) mass is 413 g/mol. The van der Waals surface area contributed by atoms with Crippen LogP contribution in [0.2, 0.25) is 0 Å². The standard InChI is InChI=1S/C21H27N5O4/c1-25(13-16-6-7-22-14-24-16)20(27)11-17-21(28)23-8-9-26(17)12-15-4-5-18(29-2)19(10-15)30-3/h4-7,10,14,17H,8-9,11-13H2,1-3H3,(H,23,28). The summed E-state index contributed by atoms with van der Waals surface area (Å²) in [5, 5.41) is 2.87. The molecule has 9 nitrogen and oxygen atoms in total. The van der Waals surface area contributed by atoms with Crippen molar-refractivity contribution in [3.05, 3.63) is 48.0 Å². The predicted molar refractivity (Wildman–Crippen MR) is 110 cm³/mol. The molecule has 3 rings (SSSR count). The van der Waals surface area contributed by atoms with E-state index in [1.165, 1.54) is 6.33 Å². The molecule has 0 radical (unpaired) electrons. The normalized spacial score (nSPS) is 16.6. The number of carbonyl (C=O) groups excluding carboxylic acids is 2. The fraction of sp³-hybridized carbons (Fsp3) is 0.429. The van der Waals surface area contributed by atoms with Crippen molar-refractivity contribution in [1.82, 2.24) is 25.1 Å². The fourth-order valence-corrected chi connectivity index (χ4v) is 3.45. The van der Waals surface area contributed by atoms with Gasteiger partial charge in [0.1, 0.15) is 6.33 Å². The quantitative estimate of drug-likeness (QED) is 0.685. The van der Waals surface area contributed by atoms with E-state index in [0.29, 0.717) is 37.7 Å². The van der Waals surface area contributed by atoms with Crippen LogP contribution < -0.4 is 14.8 Å². The van der Waals surface area contributed by atoms with Gasteiger partial charge in [0, 0.05) is 32.9 Å². The van der Waals surface area contributed by atoms with E-state index in [0.717, 1.165) is 11.3 Å². The lowest BCUT2D eigenvalue weighted by atomic mass is 10.1. The Morgan fingerprint density at radius 2 is 2.07 bits per heavy atom. The van der Waals surface area contributed by atoms with E-state index in [1.54, 1.807) is 38.4 Å². The molecule has 1 unspecified atom stereocenters. The lowest BCUT2D eigenvalue weighted by Crippen LogP contribution is -2.56. The maximum absolute atomic E-state index is 12.8. The SMILES string of the molecule is COc1ccc(CN2CCNC(=O)C2CC(=O)N(C)Cc2ccncn2)cc1OC. The van der Waals surface area contributed by atoms with Gasteiger partial charge in [0.05, 0.1) is 38.9 Å². The van der Waals surface area contributed by atoms with Gasteiger partial charge in [-0.1, -0.05) is 6.07 Å². The molecule has 1 aliphatic rings. The molecule has 1 atom stereocenters. The number of ether oxygens (including phenoxy) is 2. The van der Waals surface area contributed by atoms with Crippen LogP contribution in [0.5, 0.6) is 11.5 Å². The number of carbonyl (C=O) groups is 2. The third-order valence-corrected chi connectivity index (χ3v) is 5.11. The van der Waals surface area contributed by atoms with Crippen molar-refractivity contribution in [2.75, 3.05) is 34.4 Å². The Bertz CT molecular complexity index is 877. The minimum Gasteiger partial charge on any atom is -0.493 e. The highest BCUT2D eigenvalue weighted by Crippen LogP contribution is 2.28. The van der Waals surface area contributed by atoms with Crippen molar-refractivity contribution in [1.29, 1.82) is 0 Å². The second-order valence-electron chi connectivity index (χ2n) is 7.12. The van der Waals surface area contributed by atoms with Crippen LogP contribution in [0.15, 0.2) is 36.8 Å². The van der Waals surface area contributed by atoms with E-state index >= 15 is 0 Å². The van der Waals surface area contributed by atoms with Gasteiger partial charge < -0.3 is 19.7 Å². The predicted octanol–water partition coefficient (Wildman–Crippen LogP) is 0.843. The van der Waals surface area contributed by atoms with Gasteiger partial charge in [-0.15, -0.1) is 0 Å². The second kappa shape index (κ2) is 10.0. The molecule has 1 aromatic heterocycles. The lowest BCUT2D eigenvalue weighted by molar-refractivity contribution is -0.138. The molecular weight excluding hydrogens is 386 g/mol. The number of methoxy groups -OCH3 is 2. The summed E-state index contributed by atoms with van der Waals surface area (Å²) in [4.78, 5) is 37.0. The number of amides is 2. The van der Waals surface area contributed by atoms with Gasteiger partial charge in [-0.25, -0.2) is 9.97 Å². The van der Waals surface area contributed by atoms with E-state index in [-0.39, 0.29) is 18.2 Å². The van der Waals surface area contributed by atoms with E-state index in [4.69, 9.17) is 9.47 Å². The van der Waals surface area contributed by atoms with Crippen molar-refractivity contribution in [3.8, 4) is 11.5 Å². The molecule has 0 saturated carbocycles. The third kappa shape index (κ3) is 5.24. The Kier molecular flexibility index (Phi) is 7.18. The molecule has 30 heavy (non-hydrogen) atoms. The van der Waals surface area contributed by atoms with Gasteiger partial charge in [0.15, 0.2) is 11.5 Å². The Hall–Kier alpha value is -3.20. The zero-order valence-corrected chi connectivity index (χ0v) is 17.5. The molecular formula is C21H27N5O4. The minimum absolute atomic E-state index is 0.0979. The third-order valence-electron chi connectivity index (χ3n) is 5.11. The van der Waals surface area contributed by atoms with Crippen molar-refractivity contribution in [2.45, 2.75) is 25.6 Å². The maximum Gasteiger partial charge on any atom is 0.237 e. The van der Waals surface area contributed by atoms with E-state index < -0.39 is 6.04 Å². The Morgan fingerprint density at radius 1 is 1.27 bits per heavy atom. The topological polar surface area (TPSA) is 96.9 Å². The van der Waals surface area contributed by atoms with Crippen molar-refractivity contribution in [3.63, 3.8) is 0 Å². The first-order chi connectivity index (χ1) is 14.5. The highest BCUT2D eigenvalue weighted by atomic mass is 16.5. The van der Waals surface area contributed by atoms with Crippen LogP contribution >= 0.6 is 0 Å². The molecule has 1 saturated heterocycles. The molecule has 1 fully saturated rings. The second-order valence-corrected chi connectivity index (χ2v) is 7.12. The van der Waals surface area contributed by atoms with Gasteiger partial charge in [0.2, 0.25) is 11.8 Å². The van der Waals surface area contributed by atoms with Crippen LogP contribution in [-0.2, 0) is 22.7 Å². The summed E-state index contributed by atoms with van der Waals surface area (Å²) in [6.45, 7) is 2.11. The Balaban J connectivity index is 1.68. The average molecular weight is 413 g/mol.